The first-order valence-corrected chi connectivity index (χ1v) is 14.0. The molecule has 0 amide bonds. The molecule has 0 spiro atoms. The molecule has 3 aromatic rings. The molecular formula is C21H26ClFN6OSi. The fraction of sp³-hybridized carbons (Fsp3) is 0.333. The van der Waals surface area contributed by atoms with Gasteiger partial charge in [-0.25, -0.2) is 19.0 Å². The van der Waals surface area contributed by atoms with Crippen LogP contribution < -0.4 is 5.32 Å². The van der Waals surface area contributed by atoms with E-state index in [9.17, 15) is 4.39 Å². The molecule has 0 bridgehead atoms. The molecule has 7 nitrogen and oxygen atoms in total. The molecule has 2 aromatic heterocycles. The monoisotopic (exact) mass is 460 g/mol. The summed E-state index contributed by atoms with van der Waals surface area (Å²) in [6, 6.07) is 5.71. The highest BCUT2D eigenvalue weighted by atomic mass is 35.5. The molecule has 0 saturated heterocycles. The zero-order chi connectivity index (χ0) is 22.6. The molecule has 0 aliphatic heterocycles. The van der Waals surface area contributed by atoms with Gasteiger partial charge in [-0.3, -0.25) is 0 Å². The number of allylic oxidation sites excluding steroid dienone is 1. The van der Waals surface area contributed by atoms with E-state index in [1.54, 1.807) is 30.1 Å². The molecule has 0 aliphatic carbocycles. The lowest BCUT2D eigenvalue weighted by Crippen LogP contribution is -2.22. The predicted octanol–water partition coefficient (Wildman–Crippen LogP) is 4.81. The third kappa shape index (κ3) is 5.55. The van der Waals surface area contributed by atoms with Crippen molar-refractivity contribution in [1.82, 2.24) is 25.1 Å². The lowest BCUT2D eigenvalue weighted by Gasteiger charge is -2.15. The molecule has 0 unspecified atom stereocenters. The van der Waals surface area contributed by atoms with Gasteiger partial charge in [0.25, 0.3) is 0 Å². The highest BCUT2D eigenvalue weighted by Crippen LogP contribution is 2.32. The lowest BCUT2D eigenvalue weighted by molar-refractivity contribution is 0.0802. The highest BCUT2D eigenvalue weighted by Gasteiger charge is 2.19. The average Bonchev–Trinajstić information content (AvgIpc) is 3.05. The Morgan fingerprint density at radius 1 is 1.29 bits per heavy atom. The zero-order valence-electron chi connectivity index (χ0n) is 18.0. The van der Waals surface area contributed by atoms with Crippen LogP contribution in [0.25, 0.3) is 27.9 Å². The van der Waals surface area contributed by atoms with Crippen LogP contribution in [0.4, 0.5) is 4.39 Å². The van der Waals surface area contributed by atoms with Crippen LogP contribution >= 0.6 is 11.6 Å². The number of hydrogen-bond donors (Lipinski definition) is 2. The van der Waals surface area contributed by atoms with Gasteiger partial charge in [-0.1, -0.05) is 31.2 Å². The van der Waals surface area contributed by atoms with Gasteiger partial charge in [0.1, 0.15) is 24.0 Å². The van der Waals surface area contributed by atoms with Crippen molar-refractivity contribution in [2.75, 3.05) is 13.7 Å². The average molecular weight is 461 g/mol. The summed E-state index contributed by atoms with van der Waals surface area (Å²) in [5.74, 6) is -0.464. The molecule has 1 aromatic carbocycles. The maximum Gasteiger partial charge on any atom is 0.140 e. The Morgan fingerprint density at radius 3 is 2.71 bits per heavy atom. The van der Waals surface area contributed by atoms with Crippen LogP contribution in [0.1, 0.15) is 5.56 Å². The van der Waals surface area contributed by atoms with Gasteiger partial charge in [-0.15, -0.1) is 0 Å². The summed E-state index contributed by atoms with van der Waals surface area (Å²) in [5.41, 5.74) is 2.38. The molecule has 164 valence electrons. The topological polar surface area (TPSA) is 88.7 Å². The van der Waals surface area contributed by atoms with Crippen LogP contribution in [0.15, 0.2) is 30.7 Å². The number of rotatable bonds is 9. The Balaban J connectivity index is 2.11. The number of halogens is 2. The minimum Gasteiger partial charge on any atom is -0.393 e. The smallest absolute Gasteiger partial charge is 0.140 e. The number of ether oxygens (including phenoxy) is 1. The molecule has 0 fully saturated rings. The van der Waals surface area contributed by atoms with Crippen molar-refractivity contribution in [2.24, 2.45) is 0 Å². The van der Waals surface area contributed by atoms with Crippen LogP contribution in [-0.2, 0) is 11.5 Å². The summed E-state index contributed by atoms with van der Waals surface area (Å²) in [6.45, 7) is 7.69. The first kappa shape index (κ1) is 23.0. The van der Waals surface area contributed by atoms with E-state index in [1.807, 2.05) is 0 Å². The van der Waals surface area contributed by atoms with E-state index in [-0.39, 0.29) is 12.3 Å². The standard InChI is InChI=1S/C21H26ClFN6OSi/c1-25-11-14(10-24)15-7-16-18(8-17(15)23)28-29(13-30-5-6-31(2,3)4)21(16)19-9-20(22)27-12-26-19/h7-12,24-25H,5-6,13H2,1-4H3/b14-11+,24-10?. The van der Waals surface area contributed by atoms with E-state index >= 15 is 0 Å². The van der Waals surface area contributed by atoms with E-state index in [0.717, 1.165) is 12.3 Å². The zero-order valence-corrected chi connectivity index (χ0v) is 19.8. The van der Waals surface area contributed by atoms with Crippen molar-refractivity contribution in [3.8, 4) is 11.4 Å². The van der Waals surface area contributed by atoms with Gasteiger partial charge in [0.15, 0.2) is 0 Å². The molecule has 10 heteroatoms. The molecule has 3 rings (SSSR count). The van der Waals surface area contributed by atoms with Gasteiger partial charge >= 0.3 is 0 Å². The van der Waals surface area contributed by atoms with Crippen molar-refractivity contribution in [3.05, 3.63) is 47.3 Å². The van der Waals surface area contributed by atoms with Gasteiger partial charge in [0, 0.05) is 62.8 Å². The van der Waals surface area contributed by atoms with Gasteiger partial charge in [-0.05, 0) is 12.1 Å². The van der Waals surface area contributed by atoms with Crippen molar-refractivity contribution in [2.45, 2.75) is 32.4 Å². The summed E-state index contributed by atoms with van der Waals surface area (Å²) < 4.78 is 22.4. The first-order chi connectivity index (χ1) is 14.7. The molecule has 0 radical (unpaired) electrons. The lowest BCUT2D eigenvalue weighted by atomic mass is 10.0. The van der Waals surface area contributed by atoms with Gasteiger partial charge in [0.2, 0.25) is 0 Å². The normalized spacial score (nSPS) is 12.4. The SMILES string of the molecule is CN/C=C(\C=N)c1cc2c(-c3cc(Cl)ncn3)n(COCC[Si](C)(C)C)nc2cc1F. The van der Waals surface area contributed by atoms with Crippen LogP contribution in [0.5, 0.6) is 0 Å². The number of hydrogen-bond acceptors (Lipinski definition) is 6. The van der Waals surface area contributed by atoms with Crippen molar-refractivity contribution >= 4 is 42.4 Å². The number of nitrogens with zero attached hydrogens (tertiary/aromatic N) is 4. The van der Waals surface area contributed by atoms with Crippen LogP contribution in [0, 0.1) is 11.2 Å². The summed E-state index contributed by atoms with van der Waals surface area (Å²) >= 11 is 6.10. The van der Waals surface area contributed by atoms with Crippen molar-refractivity contribution in [3.63, 3.8) is 0 Å². The second-order valence-corrected chi connectivity index (χ2v) is 14.3. The Bertz CT molecular complexity index is 1120. The third-order valence-electron chi connectivity index (χ3n) is 4.68. The van der Waals surface area contributed by atoms with Crippen LogP contribution in [0.2, 0.25) is 30.8 Å². The second-order valence-electron chi connectivity index (χ2n) is 8.30. The van der Waals surface area contributed by atoms with E-state index in [1.165, 1.54) is 12.4 Å². The van der Waals surface area contributed by atoms with Gasteiger partial charge in [0.05, 0.1) is 16.9 Å². The molecule has 0 atom stereocenters. The second kappa shape index (κ2) is 9.67. The quantitative estimate of drug-likeness (QED) is 0.207. The molecule has 0 aliphatic rings. The molecule has 0 saturated carbocycles. The van der Waals surface area contributed by atoms with Gasteiger partial charge in [-0.2, -0.15) is 5.10 Å². The fourth-order valence-electron chi connectivity index (χ4n) is 3.08. The molecule has 2 N–H and O–H groups in total. The summed E-state index contributed by atoms with van der Waals surface area (Å²) in [4.78, 5) is 8.29. The molecule has 2 heterocycles. The van der Waals surface area contributed by atoms with E-state index in [0.29, 0.717) is 39.6 Å². The fourth-order valence-corrected chi connectivity index (χ4v) is 3.99. The maximum absolute atomic E-state index is 14.8. The summed E-state index contributed by atoms with van der Waals surface area (Å²) in [7, 11) is 0.471. The Hall–Kier alpha value is -2.62. The van der Waals surface area contributed by atoms with Crippen LogP contribution in [0.3, 0.4) is 0 Å². The minimum absolute atomic E-state index is 0.205. The Labute approximate surface area is 186 Å². The third-order valence-corrected chi connectivity index (χ3v) is 6.59. The van der Waals surface area contributed by atoms with E-state index in [2.05, 4.69) is 40.0 Å². The number of fused-ring (bicyclic) bond motifs is 1. The number of aromatic nitrogens is 4. The first-order valence-electron chi connectivity index (χ1n) is 9.87. The van der Waals surface area contributed by atoms with E-state index in [4.69, 9.17) is 21.7 Å². The van der Waals surface area contributed by atoms with Crippen molar-refractivity contribution < 1.29 is 9.13 Å². The molecule has 31 heavy (non-hydrogen) atoms. The maximum atomic E-state index is 14.8. The number of nitrogens with one attached hydrogen (secondary N) is 2. The largest absolute Gasteiger partial charge is 0.393 e. The minimum atomic E-state index is -1.23. The summed E-state index contributed by atoms with van der Waals surface area (Å²) in [6.07, 6.45) is 4.05. The van der Waals surface area contributed by atoms with Crippen molar-refractivity contribution in [1.29, 1.82) is 5.41 Å². The Morgan fingerprint density at radius 2 is 2.06 bits per heavy atom. The van der Waals surface area contributed by atoms with E-state index < -0.39 is 13.9 Å². The van der Waals surface area contributed by atoms with Gasteiger partial charge < -0.3 is 15.5 Å². The highest BCUT2D eigenvalue weighted by molar-refractivity contribution is 6.76. The summed E-state index contributed by atoms with van der Waals surface area (Å²) in [5, 5.41) is 16.0. The number of benzene rings is 1. The molecular weight excluding hydrogens is 435 g/mol. The van der Waals surface area contributed by atoms with Crippen LogP contribution in [-0.4, -0.2) is 47.7 Å². The Kier molecular flexibility index (Phi) is 7.19. The predicted molar refractivity (Wildman–Crippen MR) is 126 cm³/mol.